The summed E-state index contributed by atoms with van der Waals surface area (Å²) in [6, 6.07) is 77.8. The average Bonchev–Trinajstić information content (AvgIpc) is 3.65. The van der Waals surface area contributed by atoms with Crippen LogP contribution < -0.4 is 4.90 Å². The van der Waals surface area contributed by atoms with Crippen LogP contribution in [0.25, 0.3) is 85.9 Å². The summed E-state index contributed by atoms with van der Waals surface area (Å²) in [6.45, 7) is 0. The van der Waals surface area contributed by atoms with E-state index in [4.69, 9.17) is 0 Å². The maximum atomic E-state index is 2.47. The van der Waals surface area contributed by atoms with E-state index in [-0.39, 0.29) is 0 Å². The predicted molar refractivity (Wildman–Crippen MR) is 243 cm³/mol. The Kier molecular flexibility index (Phi) is 7.75. The Hall–Kier alpha value is -7.00. The van der Waals surface area contributed by atoms with Gasteiger partial charge in [0, 0.05) is 36.8 Å². The van der Waals surface area contributed by atoms with Crippen molar-refractivity contribution in [2.75, 3.05) is 4.90 Å². The normalized spacial score (nSPS) is 11.6. The first-order valence-electron chi connectivity index (χ1n) is 19.2. The van der Waals surface area contributed by atoms with Gasteiger partial charge in [-0.1, -0.05) is 170 Å². The Bertz CT molecular complexity index is 3260. The van der Waals surface area contributed by atoms with Gasteiger partial charge in [-0.15, -0.1) is 11.3 Å². The molecule has 0 atom stereocenters. The zero-order chi connectivity index (χ0) is 37.0. The van der Waals surface area contributed by atoms with E-state index in [1.54, 1.807) is 0 Å². The van der Waals surface area contributed by atoms with Crippen molar-refractivity contribution in [3.63, 3.8) is 0 Å². The first kappa shape index (κ1) is 32.4. The van der Waals surface area contributed by atoms with Gasteiger partial charge in [-0.25, -0.2) is 0 Å². The molecule has 0 aliphatic heterocycles. The molecule has 0 N–H and O–H groups in total. The lowest BCUT2D eigenvalue weighted by atomic mass is 9.94. The van der Waals surface area contributed by atoms with Crippen LogP contribution in [0, 0.1) is 0 Å². The Balaban J connectivity index is 1.09. The third-order valence-electron chi connectivity index (χ3n) is 11.2. The van der Waals surface area contributed by atoms with Crippen molar-refractivity contribution >= 4 is 80.9 Å². The van der Waals surface area contributed by atoms with Crippen molar-refractivity contribution in [1.29, 1.82) is 0 Å². The van der Waals surface area contributed by atoms with Gasteiger partial charge in [0.15, 0.2) is 0 Å². The maximum absolute atomic E-state index is 2.47. The highest BCUT2D eigenvalue weighted by atomic mass is 32.1. The monoisotopic (exact) mass is 729 g/mol. The van der Waals surface area contributed by atoms with Crippen LogP contribution in [0.15, 0.2) is 212 Å². The number of anilines is 3. The average molecular weight is 730 g/mol. The molecule has 0 amide bonds. The second-order valence-corrected chi connectivity index (χ2v) is 15.6. The smallest absolute Gasteiger partial charge is 0.0546 e. The molecule has 11 aromatic rings. The summed E-state index contributed by atoms with van der Waals surface area (Å²) in [4.78, 5) is 2.47. The number of thiophene rings is 1. The summed E-state index contributed by atoms with van der Waals surface area (Å²) in [7, 11) is 0. The molecule has 1 aromatic heterocycles. The Morgan fingerprint density at radius 2 is 0.875 bits per heavy atom. The molecule has 0 aliphatic rings. The van der Waals surface area contributed by atoms with Crippen LogP contribution >= 0.6 is 11.3 Å². The molecule has 11 rings (SSSR count). The fourth-order valence-electron chi connectivity index (χ4n) is 8.58. The molecule has 2 heteroatoms. The van der Waals surface area contributed by atoms with Crippen molar-refractivity contribution in [2.45, 2.75) is 0 Å². The van der Waals surface area contributed by atoms with Gasteiger partial charge in [-0.05, 0) is 97.2 Å². The highest BCUT2D eigenvalue weighted by Gasteiger charge is 2.21. The van der Waals surface area contributed by atoms with E-state index in [1.807, 2.05) is 11.3 Å². The van der Waals surface area contributed by atoms with Crippen molar-refractivity contribution < 1.29 is 0 Å². The van der Waals surface area contributed by atoms with Crippen LogP contribution in [0.2, 0.25) is 0 Å². The molecular formula is C54H35NS. The summed E-state index contributed by atoms with van der Waals surface area (Å²) in [5.41, 5.74) is 10.6. The van der Waals surface area contributed by atoms with Gasteiger partial charge >= 0.3 is 0 Å². The second kappa shape index (κ2) is 13.4. The summed E-state index contributed by atoms with van der Waals surface area (Å²) in [5.74, 6) is 0. The van der Waals surface area contributed by atoms with Crippen molar-refractivity contribution in [3.05, 3.63) is 212 Å². The molecule has 1 heterocycles. The Labute approximate surface area is 330 Å². The number of fused-ring (bicyclic) bond motifs is 7. The van der Waals surface area contributed by atoms with Crippen molar-refractivity contribution in [3.8, 4) is 33.4 Å². The van der Waals surface area contributed by atoms with Crippen LogP contribution in [0.4, 0.5) is 17.1 Å². The maximum Gasteiger partial charge on any atom is 0.0546 e. The van der Waals surface area contributed by atoms with Crippen molar-refractivity contribution in [1.82, 2.24) is 0 Å². The number of rotatable bonds is 6. The highest BCUT2D eigenvalue weighted by molar-refractivity contribution is 7.25. The predicted octanol–water partition coefficient (Wildman–Crippen LogP) is 16.0. The first-order valence-corrected chi connectivity index (χ1v) is 20.0. The Morgan fingerprint density at radius 3 is 1.73 bits per heavy atom. The quantitative estimate of drug-likeness (QED) is 0.154. The standard InChI is InChI=1S/C54H35NS/c1-3-18-43-37(13-1)15-12-24-44(43)39-16-11-17-40(33-39)46-20-7-9-25-51(46)55(52-34-41-14-2-4-19-45(41)47-21-5-6-22-48(47)52)42-30-27-36(28-31-42)38-29-32-50-49-23-8-10-26-53(49)56-54(50)35-38/h1-35H. The zero-order valence-corrected chi connectivity index (χ0v) is 31.4. The lowest BCUT2D eigenvalue weighted by Crippen LogP contribution is -2.12. The molecule has 56 heavy (non-hydrogen) atoms. The van der Waals surface area contributed by atoms with E-state index in [0.717, 1.165) is 17.1 Å². The molecule has 0 unspecified atom stereocenters. The molecule has 0 fully saturated rings. The largest absolute Gasteiger partial charge is 0.309 e. The first-order chi connectivity index (χ1) is 27.8. The second-order valence-electron chi connectivity index (χ2n) is 14.5. The van der Waals surface area contributed by atoms with Gasteiger partial charge < -0.3 is 4.90 Å². The molecule has 1 nitrogen and oxygen atoms in total. The molecule has 0 saturated heterocycles. The van der Waals surface area contributed by atoms with Gasteiger partial charge in [-0.2, -0.15) is 0 Å². The fourth-order valence-corrected chi connectivity index (χ4v) is 9.73. The van der Waals surface area contributed by atoms with E-state index in [0.29, 0.717) is 0 Å². The van der Waals surface area contributed by atoms with Gasteiger partial charge in [0.05, 0.1) is 11.4 Å². The molecule has 0 aliphatic carbocycles. The Morgan fingerprint density at radius 1 is 0.286 bits per heavy atom. The summed E-state index contributed by atoms with van der Waals surface area (Å²) >= 11 is 1.87. The van der Waals surface area contributed by atoms with Crippen LogP contribution in [0.1, 0.15) is 0 Å². The third-order valence-corrected chi connectivity index (χ3v) is 12.4. The number of benzene rings is 10. The topological polar surface area (TPSA) is 3.24 Å². The van der Waals surface area contributed by atoms with E-state index in [9.17, 15) is 0 Å². The van der Waals surface area contributed by atoms with Crippen LogP contribution in [-0.2, 0) is 0 Å². The highest BCUT2D eigenvalue weighted by Crippen LogP contribution is 2.46. The van der Waals surface area contributed by atoms with Gasteiger partial charge in [0.25, 0.3) is 0 Å². The van der Waals surface area contributed by atoms with E-state index in [2.05, 4.69) is 217 Å². The van der Waals surface area contributed by atoms with Crippen LogP contribution in [-0.4, -0.2) is 0 Å². The molecule has 0 spiro atoms. The zero-order valence-electron chi connectivity index (χ0n) is 30.6. The summed E-state index contributed by atoms with van der Waals surface area (Å²) in [6.07, 6.45) is 0. The third kappa shape index (κ3) is 5.46. The minimum absolute atomic E-state index is 1.11. The molecule has 0 bridgehead atoms. The van der Waals surface area contributed by atoms with Crippen LogP contribution in [0.5, 0.6) is 0 Å². The van der Waals surface area contributed by atoms with Gasteiger partial charge in [-0.3, -0.25) is 0 Å². The minimum Gasteiger partial charge on any atom is -0.309 e. The lowest BCUT2D eigenvalue weighted by molar-refractivity contribution is 1.30. The molecule has 0 saturated carbocycles. The SMILES string of the molecule is c1cc(-c2ccccc2N(c2ccc(-c3ccc4c(c3)sc3ccccc34)cc2)c2cc3ccccc3c3ccccc23)cc(-c2cccc3ccccc23)c1. The number of para-hydroxylation sites is 1. The molecule has 10 aromatic carbocycles. The van der Waals surface area contributed by atoms with Gasteiger partial charge in [0.1, 0.15) is 0 Å². The minimum atomic E-state index is 1.11. The van der Waals surface area contributed by atoms with E-state index < -0.39 is 0 Å². The lowest BCUT2D eigenvalue weighted by Gasteiger charge is -2.30. The summed E-state index contributed by atoms with van der Waals surface area (Å²) < 4.78 is 2.64. The van der Waals surface area contributed by atoms with E-state index in [1.165, 1.54) is 85.9 Å². The molecular weight excluding hydrogens is 695 g/mol. The number of nitrogens with zero attached hydrogens (tertiary/aromatic N) is 1. The molecule has 0 radical (unpaired) electrons. The van der Waals surface area contributed by atoms with Crippen molar-refractivity contribution in [2.24, 2.45) is 0 Å². The van der Waals surface area contributed by atoms with Gasteiger partial charge in [0.2, 0.25) is 0 Å². The summed E-state index contributed by atoms with van der Waals surface area (Å²) in [5, 5.41) is 10.1. The van der Waals surface area contributed by atoms with Crippen LogP contribution in [0.3, 0.4) is 0 Å². The fraction of sp³-hybridized carbons (Fsp3) is 0. The molecule has 262 valence electrons. The number of hydrogen-bond donors (Lipinski definition) is 0. The van der Waals surface area contributed by atoms with E-state index >= 15 is 0 Å². The number of hydrogen-bond acceptors (Lipinski definition) is 2.